The van der Waals surface area contributed by atoms with Crippen LogP contribution in [0, 0.1) is 0 Å². The second kappa shape index (κ2) is 4.18. The van der Waals surface area contributed by atoms with E-state index in [2.05, 4.69) is 24.8 Å². The van der Waals surface area contributed by atoms with Crippen molar-refractivity contribution in [1.29, 1.82) is 0 Å². The van der Waals surface area contributed by atoms with Crippen molar-refractivity contribution in [3.05, 3.63) is 24.2 Å². The standard InChI is InChI=1S/C12H19NO/c1-10(2)13-8-4-3-6-11(13)12-7-5-9-14-12/h5,7,9-11H,3-4,6,8H2,1-2H3. The topological polar surface area (TPSA) is 16.4 Å². The molecule has 78 valence electrons. The Labute approximate surface area is 85.9 Å². The number of likely N-dealkylation sites (tertiary alicyclic amines) is 1. The van der Waals surface area contributed by atoms with Crippen molar-refractivity contribution in [3.63, 3.8) is 0 Å². The van der Waals surface area contributed by atoms with E-state index in [0.29, 0.717) is 12.1 Å². The van der Waals surface area contributed by atoms with Crippen molar-refractivity contribution in [1.82, 2.24) is 4.90 Å². The average molecular weight is 193 g/mol. The summed E-state index contributed by atoms with van der Waals surface area (Å²) in [5.41, 5.74) is 0. The number of rotatable bonds is 2. The minimum Gasteiger partial charge on any atom is -0.468 e. The van der Waals surface area contributed by atoms with Crippen molar-refractivity contribution >= 4 is 0 Å². The summed E-state index contributed by atoms with van der Waals surface area (Å²) in [6, 6.07) is 5.22. The van der Waals surface area contributed by atoms with E-state index in [9.17, 15) is 0 Å². The Morgan fingerprint density at radius 1 is 1.43 bits per heavy atom. The summed E-state index contributed by atoms with van der Waals surface area (Å²) in [6.07, 6.45) is 5.68. The molecule has 1 aromatic rings. The van der Waals surface area contributed by atoms with E-state index in [-0.39, 0.29) is 0 Å². The van der Waals surface area contributed by atoms with Crippen molar-refractivity contribution in [2.45, 2.75) is 45.2 Å². The smallest absolute Gasteiger partial charge is 0.120 e. The highest BCUT2D eigenvalue weighted by atomic mass is 16.3. The van der Waals surface area contributed by atoms with Crippen molar-refractivity contribution in [3.8, 4) is 0 Å². The molecule has 0 bridgehead atoms. The summed E-state index contributed by atoms with van der Waals surface area (Å²) in [4.78, 5) is 2.54. The molecule has 1 aliphatic heterocycles. The molecule has 2 rings (SSSR count). The van der Waals surface area contributed by atoms with Gasteiger partial charge in [-0.15, -0.1) is 0 Å². The van der Waals surface area contributed by atoms with Crippen LogP contribution in [0.15, 0.2) is 22.8 Å². The molecule has 14 heavy (non-hydrogen) atoms. The monoisotopic (exact) mass is 193 g/mol. The minimum atomic E-state index is 0.513. The summed E-state index contributed by atoms with van der Waals surface area (Å²) >= 11 is 0. The van der Waals surface area contributed by atoms with Crippen molar-refractivity contribution in [2.24, 2.45) is 0 Å². The van der Waals surface area contributed by atoms with Crippen LogP contribution in [0.4, 0.5) is 0 Å². The normalized spacial score (nSPS) is 24.4. The van der Waals surface area contributed by atoms with Gasteiger partial charge in [-0.25, -0.2) is 0 Å². The molecule has 0 spiro atoms. The van der Waals surface area contributed by atoms with Gasteiger partial charge < -0.3 is 4.42 Å². The van der Waals surface area contributed by atoms with Crippen LogP contribution < -0.4 is 0 Å². The predicted molar refractivity (Wildman–Crippen MR) is 57.1 cm³/mol. The molecule has 0 amide bonds. The van der Waals surface area contributed by atoms with Gasteiger partial charge in [0.1, 0.15) is 5.76 Å². The number of nitrogens with zero attached hydrogens (tertiary/aromatic N) is 1. The molecule has 1 aromatic heterocycles. The first-order chi connectivity index (χ1) is 6.79. The maximum Gasteiger partial charge on any atom is 0.120 e. The first kappa shape index (κ1) is 9.78. The lowest BCUT2D eigenvalue weighted by Gasteiger charge is -2.37. The fourth-order valence-electron chi connectivity index (χ4n) is 2.36. The third kappa shape index (κ3) is 1.85. The first-order valence-corrected chi connectivity index (χ1v) is 5.58. The van der Waals surface area contributed by atoms with Gasteiger partial charge in [0.25, 0.3) is 0 Å². The predicted octanol–water partition coefficient (Wildman–Crippen LogP) is 3.22. The lowest BCUT2D eigenvalue weighted by molar-refractivity contribution is 0.0963. The lowest BCUT2D eigenvalue weighted by atomic mass is 9.98. The van der Waals surface area contributed by atoms with Gasteiger partial charge in [-0.05, 0) is 45.4 Å². The van der Waals surface area contributed by atoms with Crippen LogP contribution >= 0.6 is 0 Å². The SMILES string of the molecule is CC(C)N1CCCCC1c1ccco1. The summed E-state index contributed by atoms with van der Waals surface area (Å²) in [5.74, 6) is 1.14. The van der Waals surface area contributed by atoms with Gasteiger partial charge in [0.15, 0.2) is 0 Å². The zero-order valence-electron chi connectivity index (χ0n) is 9.07. The summed E-state index contributed by atoms with van der Waals surface area (Å²) in [5, 5.41) is 0. The second-order valence-electron chi connectivity index (χ2n) is 4.36. The van der Waals surface area contributed by atoms with Gasteiger partial charge in [-0.1, -0.05) is 6.42 Å². The van der Waals surface area contributed by atoms with Gasteiger partial charge in [-0.2, -0.15) is 0 Å². The minimum absolute atomic E-state index is 0.513. The molecule has 0 aromatic carbocycles. The largest absolute Gasteiger partial charge is 0.468 e. The molecular weight excluding hydrogens is 174 g/mol. The molecule has 0 radical (unpaired) electrons. The van der Waals surface area contributed by atoms with Gasteiger partial charge in [0.2, 0.25) is 0 Å². The molecule has 2 heteroatoms. The number of furan rings is 1. The Balaban J connectivity index is 2.14. The van der Waals surface area contributed by atoms with Crippen LogP contribution in [0.25, 0.3) is 0 Å². The Morgan fingerprint density at radius 2 is 2.29 bits per heavy atom. The van der Waals surface area contributed by atoms with E-state index in [1.54, 1.807) is 6.26 Å². The maximum atomic E-state index is 5.51. The average Bonchev–Trinajstić information content (AvgIpc) is 2.70. The Morgan fingerprint density at radius 3 is 2.93 bits per heavy atom. The van der Waals surface area contributed by atoms with E-state index in [4.69, 9.17) is 4.42 Å². The highest BCUT2D eigenvalue weighted by Crippen LogP contribution is 2.32. The second-order valence-corrected chi connectivity index (χ2v) is 4.36. The van der Waals surface area contributed by atoms with E-state index >= 15 is 0 Å². The molecule has 0 N–H and O–H groups in total. The number of hydrogen-bond acceptors (Lipinski definition) is 2. The fraction of sp³-hybridized carbons (Fsp3) is 0.667. The van der Waals surface area contributed by atoms with E-state index in [0.717, 1.165) is 5.76 Å². The van der Waals surface area contributed by atoms with E-state index < -0.39 is 0 Å². The van der Waals surface area contributed by atoms with Crippen LogP contribution in [0.3, 0.4) is 0 Å². The van der Waals surface area contributed by atoms with Gasteiger partial charge in [-0.3, -0.25) is 4.90 Å². The molecule has 0 aliphatic carbocycles. The summed E-state index contributed by atoms with van der Waals surface area (Å²) < 4.78 is 5.51. The number of hydrogen-bond donors (Lipinski definition) is 0. The van der Waals surface area contributed by atoms with E-state index in [1.807, 2.05) is 6.07 Å². The lowest BCUT2D eigenvalue weighted by Crippen LogP contribution is -2.38. The fourth-order valence-corrected chi connectivity index (χ4v) is 2.36. The van der Waals surface area contributed by atoms with Crippen LogP contribution in [0.1, 0.15) is 44.9 Å². The molecule has 1 unspecified atom stereocenters. The van der Waals surface area contributed by atoms with Gasteiger partial charge >= 0.3 is 0 Å². The first-order valence-electron chi connectivity index (χ1n) is 5.58. The van der Waals surface area contributed by atoms with Crippen LogP contribution in [0.5, 0.6) is 0 Å². The number of piperidine rings is 1. The molecule has 0 saturated carbocycles. The molecule has 2 nitrogen and oxygen atoms in total. The molecule has 1 fully saturated rings. The third-order valence-corrected chi connectivity index (χ3v) is 3.08. The van der Waals surface area contributed by atoms with Gasteiger partial charge in [0, 0.05) is 6.04 Å². The van der Waals surface area contributed by atoms with Gasteiger partial charge in [0.05, 0.1) is 12.3 Å². The molecule has 1 saturated heterocycles. The Bertz CT molecular complexity index is 266. The van der Waals surface area contributed by atoms with Crippen LogP contribution in [-0.2, 0) is 0 Å². The van der Waals surface area contributed by atoms with Crippen molar-refractivity contribution < 1.29 is 4.42 Å². The highest BCUT2D eigenvalue weighted by molar-refractivity contribution is 5.06. The Hall–Kier alpha value is -0.760. The molecular formula is C12H19NO. The summed E-state index contributed by atoms with van der Waals surface area (Å²) in [7, 11) is 0. The van der Waals surface area contributed by atoms with Crippen LogP contribution in [-0.4, -0.2) is 17.5 Å². The van der Waals surface area contributed by atoms with Crippen LogP contribution in [0.2, 0.25) is 0 Å². The molecule has 1 aliphatic rings. The van der Waals surface area contributed by atoms with Crippen molar-refractivity contribution in [2.75, 3.05) is 6.54 Å². The maximum absolute atomic E-state index is 5.51. The highest BCUT2D eigenvalue weighted by Gasteiger charge is 2.27. The summed E-state index contributed by atoms with van der Waals surface area (Å²) in [6.45, 7) is 5.74. The quantitative estimate of drug-likeness (QED) is 0.717. The Kier molecular flexibility index (Phi) is 2.92. The zero-order chi connectivity index (χ0) is 9.97. The molecule has 1 atom stereocenters. The third-order valence-electron chi connectivity index (χ3n) is 3.08. The van der Waals surface area contributed by atoms with E-state index in [1.165, 1.54) is 25.8 Å². The zero-order valence-corrected chi connectivity index (χ0v) is 9.07. The molecule has 2 heterocycles.